The summed E-state index contributed by atoms with van der Waals surface area (Å²) in [5.74, 6) is 1.61. The zero-order chi connectivity index (χ0) is 19.1. The van der Waals surface area contributed by atoms with E-state index < -0.39 is 17.2 Å². The van der Waals surface area contributed by atoms with E-state index in [1.165, 1.54) is 0 Å². The third-order valence-corrected chi connectivity index (χ3v) is 9.65. The second-order valence-electron chi connectivity index (χ2n) is 10.2. The molecule has 0 saturated heterocycles. The molecule has 0 amide bonds. The zero-order valence-electron chi connectivity index (χ0n) is 16.0. The van der Waals surface area contributed by atoms with Crippen LogP contribution in [0.4, 0.5) is 13.2 Å². The maximum absolute atomic E-state index is 13.7. The molecule has 0 aromatic heterocycles. The van der Waals surface area contributed by atoms with E-state index in [1.54, 1.807) is 6.92 Å². The summed E-state index contributed by atoms with van der Waals surface area (Å²) in [6.45, 7) is 6.16. The number of alkyl halides is 3. The average molecular weight is 372 g/mol. The van der Waals surface area contributed by atoms with Crippen LogP contribution in [-0.2, 0) is 4.79 Å². The zero-order valence-corrected chi connectivity index (χ0v) is 16.0. The first-order chi connectivity index (χ1) is 11.9. The Bertz CT molecular complexity index is 617. The normalized spacial score (nSPS) is 54.4. The number of halogens is 3. The van der Waals surface area contributed by atoms with Crippen LogP contribution in [0.25, 0.3) is 0 Å². The van der Waals surface area contributed by atoms with E-state index in [0.717, 1.165) is 19.3 Å². The summed E-state index contributed by atoms with van der Waals surface area (Å²) >= 11 is 0. The van der Waals surface area contributed by atoms with Gasteiger partial charge in [0.15, 0.2) is 5.60 Å². The van der Waals surface area contributed by atoms with Crippen LogP contribution in [0.5, 0.6) is 0 Å². The van der Waals surface area contributed by atoms with Gasteiger partial charge in [-0.1, -0.05) is 20.8 Å². The largest absolute Gasteiger partial charge is 0.417 e. The smallest absolute Gasteiger partial charge is 0.380 e. The highest BCUT2D eigenvalue weighted by atomic mass is 19.4. The van der Waals surface area contributed by atoms with E-state index in [2.05, 4.69) is 13.8 Å². The molecule has 5 heteroatoms. The highest BCUT2D eigenvalue weighted by Gasteiger charge is 2.72. The van der Waals surface area contributed by atoms with Crippen molar-refractivity contribution in [3.8, 4) is 0 Å². The Labute approximate surface area is 153 Å². The van der Waals surface area contributed by atoms with Gasteiger partial charge in [-0.3, -0.25) is 4.79 Å². The quantitative estimate of drug-likeness (QED) is 0.639. The maximum atomic E-state index is 13.7. The Balaban J connectivity index is 1.68. The molecule has 148 valence electrons. The second-order valence-corrected chi connectivity index (χ2v) is 10.2. The Kier molecular flexibility index (Phi) is 3.96. The minimum atomic E-state index is -4.56. The van der Waals surface area contributed by atoms with Crippen LogP contribution >= 0.6 is 0 Å². The summed E-state index contributed by atoms with van der Waals surface area (Å²) in [4.78, 5) is 12.1. The van der Waals surface area contributed by atoms with Crippen LogP contribution in [0.15, 0.2) is 0 Å². The summed E-state index contributed by atoms with van der Waals surface area (Å²) in [7, 11) is 0. The Morgan fingerprint density at radius 3 is 2.31 bits per heavy atom. The van der Waals surface area contributed by atoms with Crippen molar-refractivity contribution in [1.29, 1.82) is 0 Å². The number of carbonyl (C=O) groups excluding carboxylic acids is 1. The molecule has 4 aliphatic rings. The number of hydrogen-bond donors (Lipinski definition) is 1. The standard InChI is InChI=1S/C21H31F3O2/c1-12-10-14(25)11-13-4-5-15-16-7-9-20(26,21(22,23)24)18(16,2)8-6-17(15)19(12,13)3/h12-13,15-17,26H,4-11H2,1-3H3/t12?,13?,15-,16-,17+,18-,19-,20?/m0/s1. The minimum absolute atomic E-state index is 0.0527. The number of ketones is 1. The summed E-state index contributed by atoms with van der Waals surface area (Å²) in [6, 6.07) is 0. The van der Waals surface area contributed by atoms with Crippen LogP contribution in [0.1, 0.15) is 72.1 Å². The molecule has 0 heterocycles. The first kappa shape index (κ1) is 18.8. The molecule has 0 aromatic carbocycles. The molecule has 0 bridgehead atoms. The van der Waals surface area contributed by atoms with Gasteiger partial charge in [-0.15, -0.1) is 0 Å². The molecule has 4 rings (SSSR count). The highest BCUT2D eigenvalue weighted by Crippen LogP contribution is 2.70. The van der Waals surface area contributed by atoms with Gasteiger partial charge in [0.2, 0.25) is 0 Å². The van der Waals surface area contributed by atoms with Crippen LogP contribution in [0.2, 0.25) is 0 Å². The molecule has 0 aliphatic heterocycles. The van der Waals surface area contributed by atoms with E-state index in [4.69, 9.17) is 0 Å². The molecule has 4 saturated carbocycles. The molecular weight excluding hydrogens is 341 g/mol. The molecule has 0 radical (unpaired) electrons. The molecule has 4 aliphatic carbocycles. The molecule has 8 atom stereocenters. The van der Waals surface area contributed by atoms with E-state index in [1.807, 2.05) is 0 Å². The van der Waals surface area contributed by atoms with Crippen LogP contribution < -0.4 is 0 Å². The molecule has 4 fully saturated rings. The third kappa shape index (κ3) is 2.13. The number of fused-ring (bicyclic) bond motifs is 5. The predicted molar refractivity (Wildman–Crippen MR) is 92.3 cm³/mol. The number of Topliss-reactive ketones (excluding diaryl/α,β-unsaturated/α-hetero) is 1. The van der Waals surface area contributed by atoms with Crippen molar-refractivity contribution in [2.75, 3.05) is 0 Å². The molecule has 0 aromatic rings. The Hall–Kier alpha value is -0.580. The van der Waals surface area contributed by atoms with Crippen molar-refractivity contribution < 1.29 is 23.1 Å². The fraction of sp³-hybridized carbons (Fsp3) is 0.952. The van der Waals surface area contributed by atoms with E-state index >= 15 is 0 Å². The molecule has 2 nitrogen and oxygen atoms in total. The fourth-order valence-electron chi connectivity index (χ4n) is 7.96. The molecule has 3 unspecified atom stereocenters. The lowest BCUT2D eigenvalue weighted by molar-refractivity contribution is -0.304. The van der Waals surface area contributed by atoms with Gasteiger partial charge in [0.05, 0.1) is 0 Å². The van der Waals surface area contributed by atoms with Gasteiger partial charge in [-0.05, 0) is 73.5 Å². The summed E-state index contributed by atoms with van der Waals surface area (Å²) < 4.78 is 41.2. The van der Waals surface area contributed by atoms with Crippen LogP contribution in [0.3, 0.4) is 0 Å². The predicted octanol–water partition coefficient (Wildman–Crippen LogP) is 5.14. The van der Waals surface area contributed by atoms with Gasteiger partial charge >= 0.3 is 6.18 Å². The molecule has 0 spiro atoms. The summed E-state index contributed by atoms with van der Waals surface area (Å²) in [6.07, 6.45) is 0.0816. The number of rotatable bonds is 0. The Morgan fingerprint density at radius 2 is 1.65 bits per heavy atom. The van der Waals surface area contributed by atoms with Crippen molar-refractivity contribution in [3.05, 3.63) is 0 Å². The SMILES string of the molecule is CC1CC(=O)CC2CC[C@@H]3[C@@H](CC[C@@]4(C)[C@H]3CCC4(O)C(F)(F)F)[C@@]12C. The number of hydrogen-bond acceptors (Lipinski definition) is 2. The Morgan fingerprint density at radius 1 is 1.00 bits per heavy atom. The van der Waals surface area contributed by atoms with Gasteiger partial charge in [0, 0.05) is 18.3 Å². The van der Waals surface area contributed by atoms with Gasteiger partial charge in [-0.2, -0.15) is 13.2 Å². The maximum Gasteiger partial charge on any atom is 0.417 e. The number of carbonyl (C=O) groups is 1. The third-order valence-electron chi connectivity index (χ3n) is 9.65. The number of aliphatic hydroxyl groups is 1. The van der Waals surface area contributed by atoms with Gasteiger partial charge in [-0.25, -0.2) is 0 Å². The lowest BCUT2D eigenvalue weighted by Crippen LogP contribution is -2.61. The second kappa shape index (κ2) is 5.48. The van der Waals surface area contributed by atoms with Crippen molar-refractivity contribution in [1.82, 2.24) is 0 Å². The fourth-order valence-corrected chi connectivity index (χ4v) is 7.96. The minimum Gasteiger partial charge on any atom is -0.380 e. The van der Waals surface area contributed by atoms with Gasteiger partial charge < -0.3 is 5.11 Å². The molecule has 26 heavy (non-hydrogen) atoms. The topological polar surface area (TPSA) is 37.3 Å². The average Bonchev–Trinajstić information content (AvgIpc) is 2.82. The monoisotopic (exact) mass is 372 g/mol. The summed E-state index contributed by atoms with van der Waals surface area (Å²) in [5, 5.41) is 10.7. The van der Waals surface area contributed by atoms with Crippen molar-refractivity contribution in [2.24, 2.45) is 40.4 Å². The van der Waals surface area contributed by atoms with E-state index in [0.29, 0.717) is 49.2 Å². The van der Waals surface area contributed by atoms with E-state index in [9.17, 15) is 23.1 Å². The van der Waals surface area contributed by atoms with Crippen molar-refractivity contribution >= 4 is 5.78 Å². The first-order valence-corrected chi connectivity index (χ1v) is 10.3. The van der Waals surface area contributed by atoms with Crippen molar-refractivity contribution in [2.45, 2.75) is 83.9 Å². The van der Waals surface area contributed by atoms with E-state index in [-0.39, 0.29) is 23.7 Å². The lowest BCUT2D eigenvalue weighted by Gasteiger charge is -2.62. The first-order valence-electron chi connectivity index (χ1n) is 10.3. The van der Waals surface area contributed by atoms with Gasteiger partial charge in [0.1, 0.15) is 5.78 Å². The molecule has 1 N–H and O–H groups in total. The summed E-state index contributed by atoms with van der Waals surface area (Å²) in [5.41, 5.74) is -3.55. The molecular formula is C21H31F3O2. The highest BCUT2D eigenvalue weighted by molar-refractivity contribution is 5.80. The van der Waals surface area contributed by atoms with Gasteiger partial charge in [0.25, 0.3) is 0 Å². The van der Waals surface area contributed by atoms with Crippen LogP contribution in [-0.4, -0.2) is 22.7 Å². The lowest BCUT2D eigenvalue weighted by atomic mass is 9.42. The van der Waals surface area contributed by atoms with Crippen molar-refractivity contribution in [3.63, 3.8) is 0 Å². The van der Waals surface area contributed by atoms with Crippen LogP contribution in [0, 0.1) is 40.4 Å².